The van der Waals surface area contributed by atoms with Crippen LogP contribution in [0, 0.1) is 53.3 Å². The van der Waals surface area contributed by atoms with E-state index in [9.17, 15) is 73.2 Å². The molecule has 0 radical (unpaired) electrons. The Kier molecular flexibility index (Phi) is 25.0. The number of likely N-dealkylation sites (tertiary alicyclic amines) is 1. The zero-order chi connectivity index (χ0) is 85.0. The highest BCUT2D eigenvalue weighted by Crippen LogP contribution is 2.62. The van der Waals surface area contributed by atoms with Crippen molar-refractivity contribution >= 4 is 76.0 Å². The molecule has 4 N–H and O–H groups in total. The van der Waals surface area contributed by atoms with E-state index >= 15 is 0 Å². The van der Waals surface area contributed by atoms with Gasteiger partial charge >= 0.3 is 23.9 Å². The van der Waals surface area contributed by atoms with E-state index in [1.807, 2.05) is 6.92 Å². The Morgan fingerprint density at radius 3 is 1.49 bits per heavy atom. The molecule has 640 valence electrons. The van der Waals surface area contributed by atoms with Crippen molar-refractivity contribution in [2.24, 2.45) is 53.3 Å². The van der Waals surface area contributed by atoms with Gasteiger partial charge in [0.2, 0.25) is 11.8 Å². The van der Waals surface area contributed by atoms with Crippen molar-refractivity contribution in [2.75, 3.05) is 32.9 Å². The number of imide groups is 3. The normalized spacial score (nSPS) is 37.2. The van der Waals surface area contributed by atoms with Crippen LogP contribution in [0.5, 0.6) is 11.5 Å². The van der Waals surface area contributed by atoms with Crippen LogP contribution in [-0.4, -0.2) is 196 Å². The fourth-order valence-corrected chi connectivity index (χ4v) is 24.7. The van der Waals surface area contributed by atoms with Crippen LogP contribution in [0.1, 0.15) is 213 Å². The van der Waals surface area contributed by atoms with Crippen molar-refractivity contribution < 1.29 is 102 Å². The van der Waals surface area contributed by atoms with Gasteiger partial charge in [-0.3, -0.25) is 48.3 Å². The number of aromatic hydroxyl groups is 1. The van der Waals surface area contributed by atoms with Crippen LogP contribution in [0.15, 0.2) is 134 Å². The highest BCUT2D eigenvalue weighted by Gasteiger charge is 2.63. The van der Waals surface area contributed by atoms with Gasteiger partial charge in [0.15, 0.2) is 0 Å². The Hall–Kier alpha value is -9.01. The van der Waals surface area contributed by atoms with Gasteiger partial charge in [0, 0.05) is 107 Å². The monoisotopic (exact) mass is 1640 g/mol. The van der Waals surface area contributed by atoms with Crippen molar-refractivity contribution in [1.29, 1.82) is 0 Å². The Labute approximate surface area is 696 Å². The van der Waals surface area contributed by atoms with E-state index < -0.39 is 17.1 Å². The number of benzene rings is 2. The lowest BCUT2D eigenvalue weighted by atomic mass is 9.50. The number of phenolic OH excluding ortho intramolecular Hbond substituents is 1. The number of ether oxygens (including phenoxy) is 6. The molecule has 2 aromatic rings. The molecule has 12 bridgehead atoms. The molecule has 20 fully saturated rings. The molecule has 0 aromatic heterocycles. The van der Waals surface area contributed by atoms with Crippen LogP contribution in [0.3, 0.4) is 0 Å². The van der Waals surface area contributed by atoms with E-state index in [1.54, 1.807) is 64.9 Å². The molecule has 22 aliphatic rings. The molecule has 8 aliphatic heterocycles. The van der Waals surface area contributed by atoms with Crippen LogP contribution < -0.4 is 4.74 Å². The zero-order valence-electron chi connectivity index (χ0n) is 69.3. The number of esters is 4. The summed E-state index contributed by atoms with van der Waals surface area (Å²) in [7, 11) is 0. The van der Waals surface area contributed by atoms with Crippen LogP contribution in [0.4, 0.5) is 0 Å². The van der Waals surface area contributed by atoms with Crippen molar-refractivity contribution in [2.45, 2.75) is 271 Å². The molecule has 119 heavy (non-hydrogen) atoms. The molecule has 14 aliphatic carbocycles. The standard InChI is InChI=1S/C15H19NO2.C14H17NO3.C14H17NO2.C14H12O3.2C10H14O3.C9H12O3.C8H13NO2/c1-9-2-13(17)16(14(9)18)15-6-10-3-11(7-15)5-12(4-10)8-15;16-11-1-2-12(17)15(11)13-4-9-3-10(5-13)7-14(18,6-9)8-13;16-12-1-2-13(17)15(12)14-6-9-3-10(7-14)5-11(4-9)8-14;1-9(2)14(16)17-13-8-4-5-10-11(13)6-3-7-12(10)15;1-7-6-10(13-9(7)12)4-2-8(11)3-5-10;1-6-4-7-5-8(11)2-3-9(7)13-10(6)12;1-6-5-9(12-8(6)10)3-4-11-7(9)2;1-7(2)8(10)9-3-5-11-6-4-9/h10-12H,1-8H2;1-2,9-10,18H,3-8H2;1-2,9-11H,3-8H2;3-8,15H,1H2,2H3;8,11H,1-6H2;7-9,11H,1-5H2;7H,1,3-5H2,2H3;1,3-6H2,2H3. The highest BCUT2D eigenvalue weighted by molar-refractivity contribution is 6.15. The van der Waals surface area contributed by atoms with Crippen molar-refractivity contribution in [3.8, 4) is 11.5 Å². The first-order valence-electron chi connectivity index (χ1n) is 43.2. The number of phenols is 1. The number of amides is 7. The van der Waals surface area contributed by atoms with E-state index in [0.717, 1.165) is 158 Å². The third-order valence-corrected chi connectivity index (χ3v) is 28.9. The summed E-state index contributed by atoms with van der Waals surface area (Å²) in [6.45, 7) is 30.5. The van der Waals surface area contributed by atoms with E-state index in [2.05, 4.69) is 39.5 Å². The molecule has 24 rings (SSSR count). The summed E-state index contributed by atoms with van der Waals surface area (Å²) in [5.41, 5.74) is 1.20. The summed E-state index contributed by atoms with van der Waals surface area (Å²) in [5, 5.41) is 40.4. The molecule has 2 spiro atoms. The summed E-state index contributed by atoms with van der Waals surface area (Å²) in [4.78, 5) is 135. The molecular formula is C94H118N4O21. The maximum atomic E-state index is 12.2. The highest BCUT2D eigenvalue weighted by atomic mass is 16.6. The van der Waals surface area contributed by atoms with E-state index in [4.69, 9.17) is 28.4 Å². The Morgan fingerprint density at radius 2 is 1.02 bits per heavy atom. The minimum atomic E-state index is -0.632. The molecule has 2 aromatic carbocycles. The number of hydrogen-bond acceptors (Lipinski definition) is 21. The zero-order valence-corrected chi connectivity index (χ0v) is 69.3. The average molecular weight is 1640 g/mol. The van der Waals surface area contributed by atoms with Gasteiger partial charge in [-0.15, -0.1) is 0 Å². The first-order chi connectivity index (χ1) is 56.5. The van der Waals surface area contributed by atoms with Crippen LogP contribution >= 0.6 is 0 Å². The number of carbonyl (C=O) groups excluding carboxylic acids is 11. The molecule has 7 atom stereocenters. The number of aliphatic hydroxyl groups excluding tert-OH is 2. The average Bonchev–Trinajstić information content (AvgIpc) is 1.63. The minimum Gasteiger partial charge on any atom is -0.507 e. The maximum absolute atomic E-state index is 12.2. The molecule has 6 saturated heterocycles. The third-order valence-electron chi connectivity index (χ3n) is 28.9. The summed E-state index contributed by atoms with van der Waals surface area (Å²) in [6.07, 6.45) is 33.2. The Bertz CT molecular complexity index is 4390. The lowest BCUT2D eigenvalue weighted by molar-refractivity contribution is -0.183. The van der Waals surface area contributed by atoms with Crippen molar-refractivity contribution in [3.63, 3.8) is 0 Å². The molecule has 7 unspecified atom stereocenters. The lowest BCUT2D eigenvalue weighted by Gasteiger charge is -2.62. The summed E-state index contributed by atoms with van der Waals surface area (Å²) < 4.78 is 31.4. The molecule has 25 heteroatoms. The lowest BCUT2D eigenvalue weighted by Crippen LogP contribution is -2.66. The van der Waals surface area contributed by atoms with E-state index in [0.29, 0.717) is 126 Å². The first-order valence-corrected chi connectivity index (χ1v) is 43.2. The van der Waals surface area contributed by atoms with E-state index in [1.165, 1.54) is 67.7 Å². The Morgan fingerprint density at radius 1 is 0.521 bits per heavy atom. The first kappa shape index (κ1) is 86.4. The van der Waals surface area contributed by atoms with Crippen LogP contribution in [0.2, 0.25) is 0 Å². The predicted octanol–water partition coefficient (Wildman–Crippen LogP) is 11.8. The van der Waals surface area contributed by atoms with Gasteiger partial charge in [-0.1, -0.05) is 63.7 Å². The number of morpholine rings is 1. The van der Waals surface area contributed by atoms with Crippen LogP contribution in [0.25, 0.3) is 10.8 Å². The second-order valence-electron chi connectivity index (χ2n) is 38.2. The van der Waals surface area contributed by atoms with Crippen molar-refractivity contribution in [3.05, 3.63) is 134 Å². The third kappa shape index (κ3) is 18.3. The van der Waals surface area contributed by atoms with Gasteiger partial charge in [-0.05, 0) is 247 Å². The molecule has 14 saturated carbocycles. The minimum absolute atomic E-state index is 0.00644. The molecule has 7 amide bonds. The number of hydrogen-bond donors (Lipinski definition) is 4. The predicted molar refractivity (Wildman–Crippen MR) is 437 cm³/mol. The number of fused-ring (bicyclic) bond motifs is 2. The quantitative estimate of drug-likeness (QED) is 0.0686. The topological polar surface area (TPSA) is 337 Å². The maximum Gasteiger partial charge on any atom is 0.338 e. The summed E-state index contributed by atoms with van der Waals surface area (Å²) >= 11 is 0. The summed E-state index contributed by atoms with van der Waals surface area (Å²) in [6, 6.07) is 10.3. The molecular weight excluding hydrogens is 1520 g/mol. The number of aliphatic hydroxyl groups is 3. The second-order valence-corrected chi connectivity index (χ2v) is 38.2. The van der Waals surface area contributed by atoms with Gasteiger partial charge in [0.05, 0.1) is 66.8 Å². The fourth-order valence-electron chi connectivity index (χ4n) is 24.7. The number of rotatable bonds is 6. The number of carbonyl (C=O) groups is 11. The van der Waals surface area contributed by atoms with Crippen LogP contribution in [-0.2, 0) is 76.4 Å². The fraction of sp³-hybridized carbons (Fsp3) is 0.606. The van der Waals surface area contributed by atoms with Gasteiger partial charge in [0.25, 0.3) is 29.5 Å². The van der Waals surface area contributed by atoms with Gasteiger partial charge in [0.1, 0.15) is 28.8 Å². The SMILES string of the molecule is C=C(C)C(=O)N1CCOCC1.C=C(C)C(=O)Oc1cccc2c(O)cccc12.C=C1CC(=O)N(C23CC4CC(CC(C4)C2)C3)C1=O.C=C1CC2(CCC(O)CC2)OC1=O.C=C1CC2(CCOC2C)OC1=O.C=C1CC2CC(O)CCC2OC1=O.O=C1C=CC(=O)N1C12CC3CC(CC(C3)C1)C2.O=C1C=CC(=O)N1C12CC3CC(CC(O)(C3)C1)C2. The van der Waals surface area contributed by atoms with Gasteiger partial charge in [-0.2, -0.15) is 0 Å². The number of nitrogens with zero attached hydrogens (tertiary/aromatic N) is 4. The van der Waals surface area contributed by atoms with Gasteiger partial charge < -0.3 is 53.7 Å². The largest absolute Gasteiger partial charge is 0.507 e. The second kappa shape index (κ2) is 34.5. The van der Waals surface area contributed by atoms with Crippen molar-refractivity contribution in [1.82, 2.24) is 19.6 Å². The van der Waals surface area contributed by atoms with Gasteiger partial charge in [-0.25, -0.2) is 19.2 Å². The molecule has 8 heterocycles. The Balaban J connectivity index is 0.000000112. The summed E-state index contributed by atoms with van der Waals surface area (Å²) in [5.74, 6) is 4.63. The van der Waals surface area contributed by atoms with E-state index in [-0.39, 0.29) is 118 Å². The smallest absolute Gasteiger partial charge is 0.338 e. The molecule has 25 nitrogen and oxygen atoms in total.